The molecule has 0 unspecified atom stereocenters. The molecule has 0 aliphatic carbocycles. The lowest BCUT2D eigenvalue weighted by molar-refractivity contribution is -0.144. The maximum absolute atomic E-state index is 11.7. The Hall–Kier alpha value is -1.68. The molecule has 0 radical (unpaired) electrons. The van der Waals surface area contributed by atoms with Crippen molar-refractivity contribution in [1.82, 2.24) is 10.2 Å². The summed E-state index contributed by atoms with van der Waals surface area (Å²) in [7, 11) is 0. The van der Waals surface area contributed by atoms with Crippen LogP contribution < -0.4 is 5.32 Å². The van der Waals surface area contributed by atoms with Crippen molar-refractivity contribution in [3.8, 4) is 0 Å². The number of carbonyl (C=O) groups excluding carboxylic acids is 3. The van der Waals surface area contributed by atoms with Crippen LogP contribution in [0.3, 0.4) is 0 Å². The fourth-order valence-electron chi connectivity index (χ4n) is 1.56. The number of anilines is 1. The molecule has 0 saturated carbocycles. The highest BCUT2D eigenvalue weighted by Gasteiger charge is 2.11. The zero-order valence-electron chi connectivity index (χ0n) is 13.7. The van der Waals surface area contributed by atoms with Gasteiger partial charge in [0.1, 0.15) is 0 Å². The van der Waals surface area contributed by atoms with Crippen LogP contribution in [0.4, 0.5) is 5.13 Å². The van der Waals surface area contributed by atoms with Crippen LogP contribution in [-0.4, -0.2) is 47.0 Å². The molecule has 1 N–H and O–H groups in total. The molecule has 0 fully saturated rings. The number of hydrogen-bond acceptors (Lipinski definition) is 9. The predicted molar refractivity (Wildman–Crippen MR) is 91.0 cm³/mol. The molecule has 8 nitrogen and oxygen atoms in total. The molecule has 0 aliphatic rings. The molecule has 1 amide bonds. The number of thioether (sulfide) groups is 1. The smallest absolute Gasteiger partial charge is 0.306 e. The molecule has 0 bridgehead atoms. The first kappa shape index (κ1) is 20.4. The van der Waals surface area contributed by atoms with E-state index in [1.165, 1.54) is 23.1 Å². The second-order valence-corrected chi connectivity index (χ2v) is 6.80. The van der Waals surface area contributed by atoms with E-state index in [1.807, 2.05) is 0 Å². The third kappa shape index (κ3) is 8.82. The Bertz CT molecular complexity index is 550. The van der Waals surface area contributed by atoms with Gasteiger partial charge in [0.2, 0.25) is 11.0 Å². The van der Waals surface area contributed by atoms with Crippen LogP contribution in [0.2, 0.25) is 0 Å². The van der Waals surface area contributed by atoms with E-state index >= 15 is 0 Å². The molecule has 0 atom stereocenters. The van der Waals surface area contributed by atoms with Crippen molar-refractivity contribution in [2.75, 3.05) is 24.3 Å². The summed E-state index contributed by atoms with van der Waals surface area (Å²) in [6.07, 6.45) is 1.13. The Morgan fingerprint density at radius 2 is 1.71 bits per heavy atom. The first-order valence-electron chi connectivity index (χ1n) is 7.62. The van der Waals surface area contributed by atoms with E-state index in [4.69, 9.17) is 9.47 Å². The lowest BCUT2D eigenvalue weighted by atomic mass is 10.3. The summed E-state index contributed by atoms with van der Waals surface area (Å²) in [5.41, 5.74) is 0. The normalized spacial score (nSPS) is 10.2. The van der Waals surface area contributed by atoms with Gasteiger partial charge in [0, 0.05) is 18.6 Å². The monoisotopic (exact) mass is 375 g/mol. The van der Waals surface area contributed by atoms with Gasteiger partial charge in [-0.05, 0) is 20.3 Å². The van der Waals surface area contributed by atoms with E-state index in [9.17, 15) is 14.4 Å². The molecule has 1 rings (SSSR count). The predicted octanol–water partition coefficient (Wildman–Crippen LogP) is 2.26. The molecular weight excluding hydrogens is 354 g/mol. The van der Waals surface area contributed by atoms with Gasteiger partial charge in [-0.1, -0.05) is 23.1 Å². The highest BCUT2D eigenvalue weighted by Crippen LogP contribution is 2.26. The van der Waals surface area contributed by atoms with Crippen LogP contribution in [0.1, 0.15) is 39.5 Å². The second-order valence-electron chi connectivity index (χ2n) is 4.48. The summed E-state index contributed by atoms with van der Waals surface area (Å²) in [5, 5.41) is 10.8. The Balaban J connectivity index is 2.24. The highest BCUT2D eigenvalue weighted by atomic mass is 32.2. The maximum atomic E-state index is 11.7. The maximum Gasteiger partial charge on any atom is 0.306 e. The van der Waals surface area contributed by atoms with E-state index in [0.717, 1.165) is 0 Å². The van der Waals surface area contributed by atoms with Crippen molar-refractivity contribution in [2.45, 2.75) is 43.9 Å². The number of hydrogen-bond donors (Lipinski definition) is 1. The molecule has 0 aromatic carbocycles. The quantitative estimate of drug-likeness (QED) is 0.272. The standard InChI is InChI=1S/C14H21N3O5S2/c1-3-21-11(19)6-5-9-23-14-17-16-13(24-14)15-10(18)7-8-12(20)22-4-2/h3-9H2,1-2H3,(H,15,16,18). The topological polar surface area (TPSA) is 107 Å². The van der Waals surface area contributed by atoms with Crippen LogP contribution in [0.25, 0.3) is 0 Å². The first-order valence-corrected chi connectivity index (χ1v) is 9.42. The minimum atomic E-state index is -0.400. The van der Waals surface area contributed by atoms with Crippen molar-refractivity contribution >= 4 is 46.1 Å². The Kier molecular flexibility index (Phi) is 10.0. The Morgan fingerprint density at radius 1 is 1.04 bits per heavy atom. The minimum Gasteiger partial charge on any atom is -0.466 e. The van der Waals surface area contributed by atoms with Crippen molar-refractivity contribution in [3.05, 3.63) is 0 Å². The average molecular weight is 375 g/mol. The van der Waals surface area contributed by atoms with Crippen LogP contribution in [-0.2, 0) is 23.9 Å². The molecule has 24 heavy (non-hydrogen) atoms. The molecular formula is C14H21N3O5S2. The number of nitrogens with zero attached hydrogens (tertiary/aromatic N) is 2. The highest BCUT2D eigenvalue weighted by molar-refractivity contribution is 8.01. The van der Waals surface area contributed by atoms with Gasteiger partial charge >= 0.3 is 11.9 Å². The van der Waals surface area contributed by atoms with Gasteiger partial charge in [0.25, 0.3) is 0 Å². The number of ether oxygens (including phenoxy) is 2. The van der Waals surface area contributed by atoms with Crippen LogP contribution in [0, 0.1) is 0 Å². The SMILES string of the molecule is CCOC(=O)CCCSc1nnc(NC(=O)CCC(=O)OCC)s1. The van der Waals surface area contributed by atoms with Gasteiger partial charge in [0.05, 0.1) is 19.6 Å². The molecule has 0 spiro atoms. The molecule has 10 heteroatoms. The summed E-state index contributed by atoms with van der Waals surface area (Å²) in [6.45, 7) is 4.18. The number of nitrogens with one attached hydrogen (secondary N) is 1. The molecule has 1 aromatic rings. The summed E-state index contributed by atoms with van der Waals surface area (Å²) in [5.74, 6) is -0.199. The number of rotatable bonds is 11. The first-order chi connectivity index (χ1) is 11.5. The lowest BCUT2D eigenvalue weighted by Crippen LogP contribution is -2.14. The zero-order valence-corrected chi connectivity index (χ0v) is 15.3. The molecule has 134 valence electrons. The Labute approximate surface area is 148 Å². The van der Waals surface area contributed by atoms with E-state index in [-0.39, 0.29) is 24.7 Å². The molecule has 1 aromatic heterocycles. The van der Waals surface area contributed by atoms with E-state index in [0.29, 0.717) is 41.3 Å². The van der Waals surface area contributed by atoms with E-state index in [1.54, 1.807) is 13.8 Å². The van der Waals surface area contributed by atoms with Gasteiger partial charge in [-0.15, -0.1) is 10.2 Å². The van der Waals surface area contributed by atoms with Crippen molar-refractivity contribution in [1.29, 1.82) is 0 Å². The summed E-state index contributed by atoms with van der Waals surface area (Å²) in [4.78, 5) is 34.1. The van der Waals surface area contributed by atoms with Gasteiger partial charge in [-0.25, -0.2) is 0 Å². The van der Waals surface area contributed by atoms with Crippen molar-refractivity contribution in [3.63, 3.8) is 0 Å². The van der Waals surface area contributed by atoms with Gasteiger partial charge in [-0.2, -0.15) is 0 Å². The van der Waals surface area contributed by atoms with Gasteiger partial charge in [0.15, 0.2) is 4.34 Å². The minimum absolute atomic E-state index is 0.0357. The van der Waals surface area contributed by atoms with Crippen molar-refractivity contribution in [2.24, 2.45) is 0 Å². The fraction of sp³-hybridized carbons (Fsp3) is 0.643. The number of esters is 2. The van der Waals surface area contributed by atoms with E-state index < -0.39 is 5.97 Å². The third-order valence-electron chi connectivity index (χ3n) is 2.57. The average Bonchev–Trinajstić information content (AvgIpc) is 2.97. The van der Waals surface area contributed by atoms with E-state index in [2.05, 4.69) is 15.5 Å². The number of amides is 1. The number of carbonyl (C=O) groups is 3. The van der Waals surface area contributed by atoms with Crippen molar-refractivity contribution < 1.29 is 23.9 Å². The molecule has 0 saturated heterocycles. The van der Waals surface area contributed by atoms with Gasteiger partial charge in [-0.3, -0.25) is 14.4 Å². The lowest BCUT2D eigenvalue weighted by Gasteiger charge is -2.01. The van der Waals surface area contributed by atoms with Crippen LogP contribution in [0.15, 0.2) is 4.34 Å². The van der Waals surface area contributed by atoms with Gasteiger partial charge < -0.3 is 14.8 Å². The largest absolute Gasteiger partial charge is 0.466 e. The summed E-state index contributed by atoms with van der Waals surface area (Å²) < 4.78 is 10.3. The third-order valence-corrected chi connectivity index (χ3v) is 4.63. The zero-order chi connectivity index (χ0) is 17.8. The number of aromatic nitrogens is 2. The van der Waals surface area contributed by atoms with Crippen LogP contribution in [0.5, 0.6) is 0 Å². The molecule has 0 aliphatic heterocycles. The second kappa shape index (κ2) is 11.8. The Morgan fingerprint density at radius 3 is 2.38 bits per heavy atom. The molecule has 1 heterocycles. The van der Waals surface area contributed by atoms with Crippen LogP contribution >= 0.6 is 23.1 Å². The fourth-order valence-corrected chi connectivity index (χ4v) is 3.34. The summed E-state index contributed by atoms with van der Waals surface area (Å²) >= 11 is 2.72. The summed E-state index contributed by atoms with van der Waals surface area (Å²) in [6, 6.07) is 0.